The van der Waals surface area contributed by atoms with E-state index in [2.05, 4.69) is 25.7 Å². The summed E-state index contributed by atoms with van der Waals surface area (Å²) in [5, 5.41) is 11.8. The van der Waals surface area contributed by atoms with Gasteiger partial charge in [-0.3, -0.25) is 0 Å². The fourth-order valence-electron chi connectivity index (χ4n) is 3.41. The molecule has 148 valence electrons. The van der Waals surface area contributed by atoms with Crippen LogP contribution in [0.2, 0.25) is 10.2 Å². The second-order valence-corrected chi connectivity index (χ2v) is 7.46. The summed E-state index contributed by atoms with van der Waals surface area (Å²) in [5.74, 6) is 0.705. The van der Waals surface area contributed by atoms with Gasteiger partial charge in [0.05, 0.1) is 17.4 Å². The number of rotatable bonds is 5. The third-order valence-electron chi connectivity index (χ3n) is 4.81. The molecule has 6 nitrogen and oxygen atoms in total. The Morgan fingerprint density at radius 1 is 1.21 bits per heavy atom. The van der Waals surface area contributed by atoms with Gasteiger partial charge in [-0.15, -0.1) is 0 Å². The van der Waals surface area contributed by atoms with Crippen LogP contribution >= 0.6 is 23.2 Å². The lowest BCUT2D eigenvalue weighted by Crippen LogP contribution is -2.26. The van der Waals surface area contributed by atoms with Gasteiger partial charge in [0.15, 0.2) is 5.15 Å². The van der Waals surface area contributed by atoms with E-state index in [0.29, 0.717) is 17.6 Å². The maximum Gasteiger partial charge on any atom is 0.257 e. The average molecular weight is 427 g/mol. The maximum absolute atomic E-state index is 12.6. The molecule has 3 aromatic rings. The molecule has 0 atom stereocenters. The molecule has 0 amide bonds. The Hall–Kier alpha value is -2.03. The summed E-state index contributed by atoms with van der Waals surface area (Å²) in [7, 11) is 0. The van der Waals surface area contributed by atoms with E-state index in [0.717, 1.165) is 52.1 Å². The number of nitrogens with one attached hydrogen (secondary N) is 2. The van der Waals surface area contributed by atoms with Crippen LogP contribution in [0, 0.1) is 0 Å². The van der Waals surface area contributed by atoms with Crippen LogP contribution < -0.4 is 10.6 Å². The quantitative estimate of drug-likeness (QED) is 0.623. The summed E-state index contributed by atoms with van der Waals surface area (Å²) in [6, 6.07) is 3.88. The predicted molar refractivity (Wildman–Crippen MR) is 106 cm³/mol. The highest BCUT2D eigenvalue weighted by molar-refractivity contribution is 6.32. The summed E-state index contributed by atoms with van der Waals surface area (Å²) < 4.78 is 26.1. The van der Waals surface area contributed by atoms with Crippen LogP contribution in [0.1, 0.15) is 24.3 Å². The smallest absolute Gasteiger partial charge is 0.257 e. The Morgan fingerprint density at radius 2 is 2.00 bits per heavy atom. The van der Waals surface area contributed by atoms with Gasteiger partial charge in [-0.25, -0.2) is 23.4 Å². The molecule has 0 spiro atoms. The summed E-state index contributed by atoms with van der Waals surface area (Å²) in [6.07, 6.45) is 2.56. The van der Waals surface area contributed by atoms with Gasteiger partial charge in [-0.05, 0) is 49.5 Å². The van der Waals surface area contributed by atoms with Gasteiger partial charge in [-0.2, -0.15) is 5.10 Å². The van der Waals surface area contributed by atoms with Crippen molar-refractivity contribution in [3.05, 3.63) is 40.3 Å². The second-order valence-electron chi connectivity index (χ2n) is 6.70. The van der Waals surface area contributed by atoms with Crippen molar-refractivity contribution in [2.24, 2.45) is 0 Å². The lowest BCUT2D eigenvalue weighted by molar-refractivity contribution is 0.122. The minimum atomic E-state index is -2.54. The van der Waals surface area contributed by atoms with E-state index in [9.17, 15) is 8.78 Å². The highest BCUT2D eigenvalue weighted by Gasteiger charge is 2.19. The van der Waals surface area contributed by atoms with Crippen LogP contribution in [-0.2, 0) is 6.54 Å². The first-order chi connectivity index (χ1) is 13.5. The summed E-state index contributed by atoms with van der Waals surface area (Å²) in [4.78, 5) is 8.80. The number of benzene rings is 1. The molecule has 2 N–H and O–H groups in total. The Labute approximate surface area is 170 Å². The largest absolute Gasteiger partial charge is 0.320 e. The molecule has 1 aliphatic heterocycles. The standard InChI is InChI=1S/C18H18Cl2F2N6/c19-13-5-11-7-24-18(27-15-8-25-28(17(15)20)9-16(21)22)26-14(11)6-12(13)10-1-3-23-4-2-10/h5-8,10,16,23H,1-4,9H2,(H,24,26,27). The van der Waals surface area contributed by atoms with Crippen molar-refractivity contribution in [2.45, 2.75) is 31.7 Å². The van der Waals surface area contributed by atoms with E-state index in [1.54, 1.807) is 6.20 Å². The summed E-state index contributed by atoms with van der Waals surface area (Å²) in [6.45, 7) is 1.37. The van der Waals surface area contributed by atoms with E-state index in [4.69, 9.17) is 23.2 Å². The summed E-state index contributed by atoms with van der Waals surface area (Å²) >= 11 is 12.6. The molecule has 10 heteroatoms. The SMILES string of the molecule is FC(F)Cn1ncc(Nc2ncc3cc(Cl)c(C4CCNCC4)cc3n2)c1Cl. The minimum Gasteiger partial charge on any atom is -0.320 e. The normalized spacial score (nSPS) is 15.5. The zero-order valence-electron chi connectivity index (χ0n) is 14.8. The highest BCUT2D eigenvalue weighted by Crippen LogP contribution is 2.34. The number of hydrogen-bond acceptors (Lipinski definition) is 5. The molecule has 0 bridgehead atoms. The topological polar surface area (TPSA) is 67.7 Å². The fourth-order valence-corrected chi connectivity index (χ4v) is 3.94. The average Bonchev–Trinajstić information content (AvgIpc) is 3.01. The van der Waals surface area contributed by atoms with E-state index >= 15 is 0 Å². The number of hydrogen-bond donors (Lipinski definition) is 2. The lowest BCUT2D eigenvalue weighted by atomic mass is 9.89. The van der Waals surface area contributed by atoms with Crippen LogP contribution in [0.15, 0.2) is 24.5 Å². The second kappa shape index (κ2) is 8.14. The number of halogens is 4. The fraction of sp³-hybridized carbons (Fsp3) is 0.389. The third kappa shape index (κ3) is 4.04. The monoisotopic (exact) mass is 426 g/mol. The third-order valence-corrected chi connectivity index (χ3v) is 5.54. The molecule has 1 aliphatic rings. The molecule has 1 fully saturated rings. The number of nitrogens with zero attached hydrogens (tertiary/aromatic N) is 4. The zero-order valence-corrected chi connectivity index (χ0v) is 16.3. The van der Waals surface area contributed by atoms with Crippen molar-refractivity contribution in [3.63, 3.8) is 0 Å². The molecule has 0 saturated carbocycles. The first-order valence-electron chi connectivity index (χ1n) is 8.94. The van der Waals surface area contributed by atoms with E-state index in [-0.39, 0.29) is 5.15 Å². The van der Waals surface area contributed by atoms with E-state index < -0.39 is 13.0 Å². The number of anilines is 2. The van der Waals surface area contributed by atoms with Crippen LogP contribution in [0.3, 0.4) is 0 Å². The predicted octanol–water partition coefficient (Wildman–Crippen LogP) is 4.61. The minimum absolute atomic E-state index is 0.0792. The molecule has 0 unspecified atom stereocenters. The first-order valence-corrected chi connectivity index (χ1v) is 9.70. The molecule has 2 aromatic heterocycles. The number of aromatic nitrogens is 4. The molecule has 4 rings (SSSR count). The van der Waals surface area contributed by atoms with Crippen molar-refractivity contribution >= 4 is 45.7 Å². The Morgan fingerprint density at radius 3 is 2.75 bits per heavy atom. The molecule has 28 heavy (non-hydrogen) atoms. The van der Waals surface area contributed by atoms with Gasteiger partial charge in [-0.1, -0.05) is 23.2 Å². The molecule has 1 saturated heterocycles. The highest BCUT2D eigenvalue weighted by atomic mass is 35.5. The Balaban J connectivity index is 1.62. The van der Waals surface area contributed by atoms with Crippen LogP contribution in [-0.4, -0.2) is 39.3 Å². The van der Waals surface area contributed by atoms with Crippen molar-refractivity contribution in [2.75, 3.05) is 18.4 Å². The van der Waals surface area contributed by atoms with E-state index in [1.807, 2.05) is 12.1 Å². The van der Waals surface area contributed by atoms with Crippen molar-refractivity contribution in [1.82, 2.24) is 25.1 Å². The number of fused-ring (bicyclic) bond motifs is 1. The molecule has 1 aromatic carbocycles. The molecular weight excluding hydrogens is 409 g/mol. The lowest BCUT2D eigenvalue weighted by Gasteiger charge is -2.24. The van der Waals surface area contributed by atoms with Gasteiger partial charge >= 0.3 is 0 Å². The first kappa shape index (κ1) is 19.3. The number of alkyl halides is 2. The zero-order chi connectivity index (χ0) is 19.7. The van der Waals surface area contributed by atoms with Crippen LogP contribution in [0.4, 0.5) is 20.4 Å². The maximum atomic E-state index is 12.6. The van der Waals surface area contributed by atoms with Crippen molar-refractivity contribution in [3.8, 4) is 0 Å². The Kier molecular flexibility index (Phi) is 5.61. The van der Waals surface area contributed by atoms with Crippen molar-refractivity contribution in [1.29, 1.82) is 0 Å². The van der Waals surface area contributed by atoms with E-state index in [1.165, 1.54) is 6.20 Å². The van der Waals surface area contributed by atoms with Gasteiger partial charge in [0.2, 0.25) is 5.95 Å². The molecule has 0 radical (unpaired) electrons. The molecular formula is C18H18Cl2F2N6. The van der Waals surface area contributed by atoms with Crippen molar-refractivity contribution < 1.29 is 8.78 Å². The number of piperidine rings is 1. The van der Waals surface area contributed by atoms with Gasteiger partial charge in [0.25, 0.3) is 6.43 Å². The molecule has 0 aliphatic carbocycles. The van der Waals surface area contributed by atoms with Gasteiger partial charge in [0, 0.05) is 16.6 Å². The Bertz CT molecular complexity index is 988. The van der Waals surface area contributed by atoms with Crippen LogP contribution in [0.25, 0.3) is 10.9 Å². The van der Waals surface area contributed by atoms with Gasteiger partial charge in [0.1, 0.15) is 6.54 Å². The van der Waals surface area contributed by atoms with Crippen LogP contribution in [0.5, 0.6) is 0 Å². The molecule has 3 heterocycles. The van der Waals surface area contributed by atoms with Gasteiger partial charge < -0.3 is 10.6 Å². The summed E-state index contributed by atoms with van der Waals surface area (Å²) in [5.41, 5.74) is 2.21.